The predicted molar refractivity (Wildman–Crippen MR) is 40.4 cm³/mol. The Morgan fingerprint density at radius 1 is 1.30 bits per heavy atom. The van der Waals surface area contributed by atoms with E-state index in [1.54, 1.807) is 0 Å². The van der Waals surface area contributed by atoms with E-state index in [9.17, 15) is 0 Å². The molecular formula is C8H6N2. The van der Waals surface area contributed by atoms with Crippen LogP contribution in [0.3, 0.4) is 0 Å². The largest absolute Gasteiger partial charge is 0.188 e. The van der Waals surface area contributed by atoms with Gasteiger partial charge < -0.3 is 0 Å². The normalized spacial score (nSPS) is 12.1. The van der Waals surface area contributed by atoms with E-state index < -0.39 is 0 Å². The van der Waals surface area contributed by atoms with Crippen molar-refractivity contribution in [3.63, 3.8) is 0 Å². The third-order valence-corrected chi connectivity index (χ3v) is 1.53. The fourth-order valence-electron chi connectivity index (χ4n) is 0.971. The molecule has 2 nitrogen and oxygen atoms in total. The monoisotopic (exact) mass is 130 g/mol. The number of hydrogen-bond donors (Lipinski definition) is 0. The number of aryl methyl sites for hydroxylation is 1. The van der Waals surface area contributed by atoms with Crippen LogP contribution in [0.25, 0.3) is 0 Å². The molecule has 0 radical (unpaired) electrons. The summed E-state index contributed by atoms with van der Waals surface area (Å²) in [6.45, 7) is 2.02. The van der Waals surface area contributed by atoms with Gasteiger partial charge in [0.15, 0.2) is 0 Å². The highest BCUT2D eigenvalue weighted by atomic mass is 14.8. The maximum absolute atomic E-state index is 3.99. The van der Waals surface area contributed by atoms with Gasteiger partial charge in [-0.2, -0.15) is 9.98 Å². The molecule has 0 aromatic heterocycles. The van der Waals surface area contributed by atoms with E-state index in [0.29, 0.717) is 0 Å². The molecule has 0 atom stereocenters. The van der Waals surface area contributed by atoms with Crippen molar-refractivity contribution in [2.45, 2.75) is 6.92 Å². The Morgan fingerprint density at radius 3 is 3.00 bits per heavy atom. The molecule has 1 aromatic carbocycles. The molecule has 2 heterocycles. The van der Waals surface area contributed by atoms with Gasteiger partial charge in [-0.25, -0.2) is 0 Å². The molecule has 0 aliphatic carbocycles. The zero-order valence-electron chi connectivity index (χ0n) is 5.63. The van der Waals surface area contributed by atoms with Crippen LogP contribution in [0.2, 0.25) is 0 Å². The fourth-order valence-corrected chi connectivity index (χ4v) is 0.971. The van der Waals surface area contributed by atoms with Crippen LogP contribution in [0, 0.1) is 6.92 Å². The first-order chi connectivity index (χ1) is 4.86. The molecule has 0 fully saturated rings. The van der Waals surface area contributed by atoms with E-state index >= 15 is 0 Å². The van der Waals surface area contributed by atoms with Gasteiger partial charge in [0.05, 0.1) is 11.4 Å². The fraction of sp³-hybridized carbons (Fsp3) is 0.125. The van der Waals surface area contributed by atoms with Crippen molar-refractivity contribution in [2.75, 3.05) is 0 Å². The quantitative estimate of drug-likeness (QED) is 0.523. The third kappa shape index (κ3) is 0.668. The summed E-state index contributed by atoms with van der Waals surface area (Å²) in [5.74, 6) is 0. The smallest absolute Gasteiger partial charge is 0.100 e. The minimum atomic E-state index is 0.933. The standard InChI is InChI=1S/C8H6N2/c1-6-4-7-2-3-8(6)10-5-9-7/h2-4H,1H3. The van der Waals surface area contributed by atoms with Crippen LogP contribution in [0.15, 0.2) is 28.2 Å². The molecule has 48 valence electrons. The molecule has 2 heteroatoms. The number of rotatable bonds is 0. The van der Waals surface area contributed by atoms with E-state index in [0.717, 1.165) is 16.9 Å². The second-order valence-corrected chi connectivity index (χ2v) is 2.29. The molecule has 0 amide bonds. The predicted octanol–water partition coefficient (Wildman–Crippen LogP) is 2.45. The van der Waals surface area contributed by atoms with Crippen LogP contribution in [-0.4, -0.2) is 6.01 Å². The van der Waals surface area contributed by atoms with Crippen LogP contribution < -0.4 is 0 Å². The van der Waals surface area contributed by atoms with Crippen LogP contribution in [-0.2, 0) is 0 Å². The Bertz CT molecular complexity index is 333. The lowest BCUT2D eigenvalue weighted by Crippen LogP contribution is -1.69. The summed E-state index contributed by atoms with van der Waals surface area (Å²) in [6.07, 6.45) is 0. The number of aliphatic imine (C=N–C) groups is 2. The van der Waals surface area contributed by atoms with Gasteiger partial charge in [-0.05, 0) is 30.7 Å². The lowest BCUT2D eigenvalue weighted by molar-refractivity contribution is 1.42. The molecule has 2 bridgehead atoms. The van der Waals surface area contributed by atoms with E-state index in [1.807, 2.05) is 25.1 Å². The Kier molecular flexibility index (Phi) is 0.965. The molecule has 0 N–H and O–H groups in total. The lowest BCUT2D eigenvalue weighted by atomic mass is 10.2. The highest BCUT2D eigenvalue weighted by Gasteiger charge is 1.99. The zero-order valence-corrected chi connectivity index (χ0v) is 5.63. The Hall–Kier alpha value is -1.40. The first-order valence-electron chi connectivity index (χ1n) is 3.13. The first kappa shape index (κ1) is 5.39. The van der Waals surface area contributed by atoms with Crippen LogP contribution in [0.4, 0.5) is 11.4 Å². The molecule has 0 saturated heterocycles. The number of fused-ring (bicyclic) bond motifs is 2. The molecule has 1 aromatic rings. The molecule has 0 unspecified atom stereocenters. The summed E-state index contributed by atoms with van der Waals surface area (Å²) >= 11 is 0. The van der Waals surface area contributed by atoms with Gasteiger partial charge >= 0.3 is 0 Å². The van der Waals surface area contributed by atoms with Gasteiger partial charge in [0.1, 0.15) is 6.01 Å². The summed E-state index contributed by atoms with van der Waals surface area (Å²) in [5, 5.41) is 0. The van der Waals surface area contributed by atoms with Crippen molar-refractivity contribution in [1.82, 2.24) is 0 Å². The van der Waals surface area contributed by atoms with Crippen LogP contribution >= 0.6 is 0 Å². The van der Waals surface area contributed by atoms with Gasteiger partial charge in [-0.15, -0.1) is 0 Å². The Balaban J connectivity index is 2.84. The molecule has 0 spiro atoms. The van der Waals surface area contributed by atoms with E-state index in [4.69, 9.17) is 0 Å². The first-order valence-corrected chi connectivity index (χ1v) is 3.13. The van der Waals surface area contributed by atoms with Crippen molar-refractivity contribution < 1.29 is 0 Å². The minimum Gasteiger partial charge on any atom is -0.188 e. The SMILES string of the molecule is Cc1cc2ccc1N=C=N2. The molecular weight excluding hydrogens is 124 g/mol. The van der Waals surface area contributed by atoms with Crippen molar-refractivity contribution >= 4 is 17.4 Å². The van der Waals surface area contributed by atoms with Crippen LogP contribution in [0.5, 0.6) is 0 Å². The number of benzene rings is 1. The van der Waals surface area contributed by atoms with E-state index in [-0.39, 0.29) is 0 Å². The number of hydrogen-bond acceptors (Lipinski definition) is 2. The summed E-state index contributed by atoms with van der Waals surface area (Å²) in [6, 6.07) is 8.49. The maximum atomic E-state index is 3.99. The minimum absolute atomic E-state index is 0.933. The molecule has 10 heavy (non-hydrogen) atoms. The summed E-state index contributed by atoms with van der Waals surface area (Å²) in [5.41, 5.74) is 3.05. The zero-order chi connectivity index (χ0) is 6.97. The van der Waals surface area contributed by atoms with Crippen molar-refractivity contribution in [1.29, 1.82) is 0 Å². The van der Waals surface area contributed by atoms with Gasteiger partial charge in [0.25, 0.3) is 0 Å². The van der Waals surface area contributed by atoms with Crippen molar-refractivity contribution in [3.05, 3.63) is 23.8 Å². The molecule has 2 aliphatic rings. The number of nitrogens with zero attached hydrogens (tertiary/aromatic N) is 2. The third-order valence-electron chi connectivity index (χ3n) is 1.53. The Morgan fingerprint density at radius 2 is 2.20 bits per heavy atom. The summed E-state index contributed by atoms with van der Waals surface area (Å²) in [7, 11) is 0. The second kappa shape index (κ2) is 1.79. The van der Waals surface area contributed by atoms with Gasteiger partial charge in [0.2, 0.25) is 0 Å². The van der Waals surface area contributed by atoms with Gasteiger partial charge in [0, 0.05) is 0 Å². The average Bonchev–Trinajstić information content (AvgIpc) is 2.20. The summed E-state index contributed by atoms with van der Waals surface area (Å²) in [4.78, 5) is 7.94. The van der Waals surface area contributed by atoms with Crippen molar-refractivity contribution in [3.8, 4) is 0 Å². The van der Waals surface area contributed by atoms with E-state index in [1.165, 1.54) is 0 Å². The van der Waals surface area contributed by atoms with Gasteiger partial charge in [-0.3, -0.25) is 0 Å². The van der Waals surface area contributed by atoms with E-state index in [2.05, 4.69) is 16.0 Å². The van der Waals surface area contributed by atoms with Gasteiger partial charge in [-0.1, -0.05) is 0 Å². The lowest BCUT2D eigenvalue weighted by Gasteiger charge is -1.94. The van der Waals surface area contributed by atoms with Crippen molar-refractivity contribution in [2.24, 2.45) is 9.98 Å². The van der Waals surface area contributed by atoms with Crippen LogP contribution in [0.1, 0.15) is 5.56 Å². The Labute approximate surface area is 58.9 Å². The topological polar surface area (TPSA) is 24.7 Å². The molecule has 0 saturated carbocycles. The highest BCUT2D eigenvalue weighted by Crippen LogP contribution is 2.25. The summed E-state index contributed by atoms with van der Waals surface area (Å²) < 4.78 is 0. The highest BCUT2D eigenvalue weighted by molar-refractivity contribution is 5.66. The second-order valence-electron chi connectivity index (χ2n) is 2.29. The maximum Gasteiger partial charge on any atom is 0.100 e. The molecule has 2 aliphatic heterocycles. The average molecular weight is 130 g/mol. The molecule has 3 rings (SSSR count).